The summed E-state index contributed by atoms with van der Waals surface area (Å²) >= 11 is 1.54. The molecular formula is C16H24N4S. The highest BCUT2D eigenvalue weighted by atomic mass is 32.1. The number of nitrogens with zero attached hydrogens (tertiary/aromatic N) is 4. The molecule has 0 amide bonds. The third kappa shape index (κ3) is 4.90. The topological polar surface area (TPSA) is 52.3 Å². The van der Waals surface area contributed by atoms with Gasteiger partial charge in [0, 0.05) is 36.4 Å². The zero-order chi connectivity index (χ0) is 15.1. The number of likely N-dealkylation sites (tertiary alicyclic amines) is 1. The first-order valence-corrected chi connectivity index (χ1v) is 8.64. The van der Waals surface area contributed by atoms with Gasteiger partial charge in [0.15, 0.2) is 0 Å². The zero-order valence-corrected chi connectivity index (χ0v) is 13.8. The van der Waals surface area contributed by atoms with Crippen molar-refractivity contribution >= 4 is 17.6 Å². The average molecular weight is 304 g/mol. The smallest absolute Gasteiger partial charge is 0.133 e. The summed E-state index contributed by atoms with van der Waals surface area (Å²) in [6.45, 7) is 7.41. The molecule has 1 saturated heterocycles. The highest BCUT2D eigenvalue weighted by molar-refractivity contribution is 7.09. The van der Waals surface area contributed by atoms with Gasteiger partial charge in [-0.1, -0.05) is 6.42 Å². The summed E-state index contributed by atoms with van der Waals surface area (Å²) in [6.07, 6.45) is 6.84. The van der Waals surface area contributed by atoms with Crippen LogP contribution < -0.4 is 0 Å². The Morgan fingerprint density at radius 1 is 1.62 bits per heavy atom. The Bertz CT molecular complexity index is 503. The maximum absolute atomic E-state index is 9.20. The van der Waals surface area contributed by atoms with Crippen LogP contribution in [0.1, 0.15) is 49.2 Å². The van der Waals surface area contributed by atoms with Gasteiger partial charge in [0.1, 0.15) is 10.9 Å². The molecule has 1 aliphatic heterocycles. The number of rotatable bonds is 6. The largest absolute Gasteiger partial charge is 0.301 e. The number of piperidine rings is 1. The van der Waals surface area contributed by atoms with Crippen LogP contribution in [0.5, 0.6) is 0 Å². The van der Waals surface area contributed by atoms with Gasteiger partial charge in [-0.15, -0.1) is 11.3 Å². The Labute approximate surface area is 131 Å². The molecule has 0 radical (unpaired) electrons. The Morgan fingerprint density at radius 2 is 2.48 bits per heavy atom. The maximum Gasteiger partial charge on any atom is 0.133 e. The van der Waals surface area contributed by atoms with E-state index in [-0.39, 0.29) is 5.92 Å². The van der Waals surface area contributed by atoms with Gasteiger partial charge in [0.25, 0.3) is 0 Å². The third-order valence-corrected chi connectivity index (χ3v) is 5.02. The number of hydrogen-bond acceptors (Lipinski definition) is 5. The second kappa shape index (κ2) is 8.26. The fourth-order valence-electron chi connectivity index (χ4n) is 2.70. The summed E-state index contributed by atoms with van der Waals surface area (Å²) in [5.74, 6) is -0.294. The monoisotopic (exact) mass is 304 g/mol. The molecular weight excluding hydrogens is 280 g/mol. The molecule has 0 spiro atoms. The lowest BCUT2D eigenvalue weighted by Crippen LogP contribution is -2.38. The highest BCUT2D eigenvalue weighted by Gasteiger charge is 2.17. The molecule has 21 heavy (non-hydrogen) atoms. The summed E-state index contributed by atoms with van der Waals surface area (Å²) < 4.78 is 0. The van der Waals surface area contributed by atoms with E-state index in [1.54, 1.807) is 6.21 Å². The van der Waals surface area contributed by atoms with Gasteiger partial charge in [-0.05, 0) is 39.7 Å². The quantitative estimate of drug-likeness (QED) is 0.598. The minimum atomic E-state index is -0.294. The number of hydrogen-bond donors (Lipinski definition) is 0. The third-order valence-electron chi connectivity index (χ3n) is 3.97. The summed E-state index contributed by atoms with van der Waals surface area (Å²) in [5.41, 5.74) is 0.975. The zero-order valence-electron chi connectivity index (χ0n) is 13.0. The van der Waals surface area contributed by atoms with Gasteiger partial charge in [-0.25, -0.2) is 4.98 Å². The van der Waals surface area contributed by atoms with Crippen molar-refractivity contribution in [3.63, 3.8) is 0 Å². The van der Waals surface area contributed by atoms with Crippen LogP contribution in [0.15, 0.2) is 10.4 Å². The first kappa shape index (κ1) is 16.1. The van der Waals surface area contributed by atoms with Crippen molar-refractivity contribution < 1.29 is 0 Å². The lowest BCUT2D eigenvalue weighted by Gasteiger charge is -2.33. The van der Waals surface area contributed by atoms with Gasteiger partial charge < -0.3 is 4.90 Å². The van der Waals surface area contributed by atoms with Crippen LogP contribution in [0.4, 0.5) is 0 Å². The SMILES string of the molecule is Cc1csc([C@H](C#N)C=NCCCN2CCCC[C@@H]2C)n1. The standard InChI is InChI=1S/C16H24N4S/c1-13-12-21-16(19-13)15(10-17)11-18-7-5-9-20-8-4-3-6-14(20)2/h11-12,14-15H,3-9H2,1-2H3/t14-,15+/m0/s1. The Morgan fingerprint density at radius 3 is 3.14 bits per heavy atom. The van der Waals surface area contributed by atoms with Crippen molar-refractivity contribution in [2.75, 3.05) is 19.6 Å². The van der Waals surface area contributed by atoms with Crippen molar-refractivity contribution in [1.82, 2.24) is 9.88 Å². The van der Waals surface area contributed by atoms with E-state index in [0.717, 1.165) is 30.2 Å². The van der Waals surface area contributed by atoms with Crippen LogP contribution in [0.3, 0.4) is 0 Å². The number of nitriles is 1. The Balaban J connectivity index is 1.73. The van der Waals surface area contributed by atoms with Crippen molar-refractivity contribution in [2.24, 2.45) is 4.99 Å². The highest BCUT2D eigenvalue weighted by Crippen LogP contribution is 2.18. The number of thiazole rings is 1. The lowest BCUT2D eigenvalue weighted by molar-refractivity contribution is 0.160. The molecule has 5 heteroatoms. The molecule has 2 atom stereocenters. The molecule has 0 saturated carbocycles. The average Bonchev–Trinajstić information content (AvgIpc) is 2.91. The molecule has 2 heterocycles. The summed E-state index contributed by atoms with van der Waals surface area (Å²) in [4.78, 5) is 11.4. The van der Waals surface area contributed by atoms with E-state index in [0.29, 0.717) is 6.04 Å². The second-order valence-corrected chi connectivity index (χ2v) is 6.61. The summed E-state index contributed by atoms with van der Waals surface area (Å²) in [6, 6.07) is 2.98. The lowest BCUT2D eigenvalue weighted by atomic mass is 10.0. The van der Waals surface area contributed by atoms with Crippen molar-refractivity contribution in [3.8, 4) is 6.07 Å². The number of aliphatic imine (C=N–C) groups is 1. The Hall–Kier alpha value is -1.25. The van der Waals surface area contributed by atoms with E-state index < -0.39 is 0 Å². The molecule has 1 aliphatic rings. The van der Waals surface area contributed by atoms with Crippen molar-refractivity contribution in [2.45, 2.75) is 51.5 Å². The van der Waals surface area contributed by atoms with E-state index in [9.17, 15) is 5.26 Å². The predicted molar refractivity (Wildman–Crippen MR) is 88.1 cm³/mol. The van der Waals surface area contributed by atoms with E-state index >= 15 is 0 Å². The molecule has 1 aromatic rings. The fourth-order valence-corrected chi connectivity index (χ4v) is 3.50. The predicted octanol–water partition coefficient (Wildman–Crippen LogP) is 3.39. The molecule has 114 valence electrons. The first-order chi connectivity index (χ1) is 10.2. The Kier molecular flexibility index (Phi) is 6.34. The van der Waals surface area contributed by atoms with Crippen LogP contribution in [-0.4, -0.2) is 41.8 Å². The maximum atomic E-state index is 9.20. The van der Waals surface area contributed by atoms with Gasteiger partial charge >= 0.3 is 0 Å². The van der Waals surface area contributed by atoms with Gasteiger partial charge in [-0.2, -0.15) is 5.26 Å². The molecule has 1 aromatic heterocycles. The van der Waals surface area contributed by atoms with Gasteiger partial charge in [0.05, 0.1) is 6.07 Å². The van der Waals surface area contributed by atoms with Crippen LogP contribution in [0.25, 0.3) is 0 Å². The molecule has 1 fully saturated rings. The molecule has 0 aliphatic carbocycles. The number of aryl methyl sites for hydroxylation is 1. The second-order valence-electron chi connectivity index (χ2n) is 5.72. The van der Waals surface area contributed by atoms with E-state index in [4.69, 9.17) is 0 Å². The van der Waals surface area contributed by atoms with E-state index in [2.05, 4.69) is 27.9 Å². The van der Waals surface area contributed by atoms with Crippen LogP contribution in [0, 0.1) is 18.3 Å². The summed E-state index contributed by atoms with van der Waals surface area (Å²) in [5, 5.41) is 12.0. The van der Waals surface area contributed by atoms with E-state index in [1.165, 1.54) is 37.1 Å². The van der Waals surface area contributed by atoms with E-state index in [1.807, 2.05) is 12.3 Å². The summed E-state index contributed by atoms with van der Waals surface area (Å²) in [7, 11) is 0. The van der Waals surface area contributed by atoms with Crippen LogP contribution >= 0.6 is 11.3 Å². The van der Waals surface area contributed by atoms with Crippen LogP contribution in [0.2, 0.25) is 0 Å². The molecule has 0 bridgehead atoms. The van der Waals surface area contributed by atoms with Gasteiger partial charge in [-0.3, -0.25) is 4.99 Å². The number of aromatic nitrogens is 1. The fraction of sp³-hybridized carbons (Fsp3) is 0.688. The molecule has 4 nitrogen and oxygen atoms in total. The van der Waals surface area contributed by atoms with Gasteiger partial charge in [0.2, 0.25) is 0 Å². The minimum Gasteiger partial charge on any atom is -0.301 e. The normalized spacial score (nSPS) is 21.5. The van der Waals surface area contributed by atoms with Crippen molar-refractivity contribution in [1.29, 1.82) is 5.26 Å². The van der Waals surface area contributed by atoms with Crippen LogP contribution in [-0.2, 0) is 0 Å². The molecule has 0 aromatic carbocycles. The molecule has 0 unspecified atom stereocenters. The molecule has 2 rings (SSSR count). The minimum absolute atomic E-state index is 0.294. The van der Waals surface area contributed by atoms with Crippen molar-refractivity contribution in [3.05, 3.63) is 16.1 Å². The first-order valence-electron chi connectivity index (χ1n) is 7.76. The molecule has 0 N–H and O–H groups in total.